The Balaban J connectivity index is 1.71. The molecule has 1 heteroatoms. The first-order valence-electron chi connectivity index (χ1n) is 7.62. The van der Waals surface area contributed by atoms with Crippen LogP contribution in [-0.4, -0.2) is 6.29 Å². The lowest BCUT2D eigenvalue weighted by Crippen LogP contribution is -2.10. The van der Waals surface area contributed by atoms with Gasteiger partial charge in [-0.1, -0.05) is 66.7 Å². The first-order chi connectivity index (χ1) is 10.4. The molecule has 106 valence electrons. The SMILES string of the molecule is O=C[C@@H]1CC(c2ccccc2)=C[C@H]1CCc1ccccc1. The van der Waals surface area contributed by atoms with Crippen molar-refractivity contribution in [1.82, 2.24) is 0 Å². The summed E-state index contributed by atoms with van der Waals surface area (Å²) in [6.45, 7) is 0. The van der Waals surface area contributed by atoms with E-state index < -0.39 is 0 Å². The second kappa shape index (κ2) is 6.53. The molecule has 0 unspecified atom stereocenters. The summed E-state index contributed by atoms with van der Waals surface area (Å²) >= 11 is 0. The van der Waals surface area contributed by atoms with E-state index in [-0.39, 0.29) is 5.92 Å². The normalized spacial score (nSPS) is 21.0. The molecule has 0 radical (unpaired) electrons. The van der Waals surface area contributed by atoms with Crippen molar-refractivity contribution in [1.29, 1.82) is 0 Å². The van der Waals surface area contributed by atoms with E-state index >= 15 is 0 Å². The Kier molecular flexibility index (Phi) is 4.30. The van der Waals surface area contributed by atoms with Crippen molar-refractivity contribution in [3.05, 3.63) is 77.9 Å². The van der Waals surface area contributed by atoms with Gasteiger partial charge in [-0.3, -0.25) is 0 Å². The van der Waals surface area contributed by atoms with Crippen LogP contribution in [0.15, 0.2) is 66.7 Å². The van der Waals surface area contributed by atoms with E-state index in [1.807, 2.05) is 12.1 Å². The highest BCUT2D eigenvalue weighted by Gasteiger charge is 2.27. The molecule has 0 spiro atoms. The van der Waals surface area contributed by atoms with Gasteiger partial charge in [0.05, 0.1) is 0 Å². The maximum Gasteiger partial charge on any atom is 0.123 e. The van der Waals surface area contributed by atoms with Gasteiger partial charge in [-0.2, -0.15) is 0 Å². The highest BCUT2D eigenvalue weighted by atomic mass is 16.1. The van der Waals surface area contributed by atoms with Crippen LogP contribution >= 0.6 is 0 Å². The predicted octanol–water partition coefficient (Wildman–Crippen LogP) is 4.54. The van der Waals surface area contributed by atoms with Crippen LogP contribution in [0.1, 0.15) is 24.0 Å². The lowest BCUT2D eigenvalue weighted by atomic mass is 9.91. The van der Waals surface area contributed by atoms with Crippen LogP contribution in [0.25, 0.3) is 5.57 Å². The molecule has 0 saturated carbocycles. The number of carbonyl (C=O) groups is 1. The molecular weight excluding hydrogens is 256 g/mol. The zero-order valence-electron chi connectivity index (χ0n) is 12.1. The van der Waals surface area contributed by atoms with Gasteiger partial charge in [0.1, 0.15) is 6.29 Å². The van der Waals surface area contributed by atoms with E-state index in [1.165, 1.54) is 16.7 Å². The van der Waals surface area contributed by atoms with Gasteiger partial charge in [-0.15, -0.1) is 0 Å². The summed E-state index contributed by atoms with van der Waals surface area (Å²) in [7, 11) is 0. The first-order valence-corrected chi connectivity index (χ1v) is 7.62. The molecule has 0 bridgehead atoms. The second-order valence-corrected chi connectivity index (χ2v) is 5.75. The van der Waals surface area contributed by atoms with Crippen molar-refractivity contribution < 1.29 is 4.79 Å². The summed E-state index contributed by atoms with van der Waals surface area (Å²) in [5, 5.41) is 0. The van der Waals surface area contributed by atoms with E-state index in [1.54, 1.807) is 0 Å². The van der Waals surface area contributed by atoms with E-state index in [9.17, 15) is 4.79 Å². The monoisotopic (exact) mass is 276 g/mol. The van der Waals surface area contributed by atoms with Gasteiger partial charge in [0, 0.05) is 5.92 Å². The summed E-state index contributed by atoms with van der Waals surface area (Å²) in [6, 6.07) is 20.9. The van der Waals surface area contributed by atoms with Crippen LogP contribution in [0.4, 0.5) is 0 Å². The quantitative estimate of drug-likeness (QED) is 0.733. The van der Waals surface area contributed by atoms with E-state index in [4.69, 9.17) is 0 Å². The summed E-state index contributed by atoms with van der Waals surface area (Å²) in [4.78, 5) is 11.4. The van der Waals surface area contributed by atoms with Crippen LogP contribution in [0.5, 0.6) is 0 Å². The molecule has 1 aliphatic rings. The van der Waals surface area contributed by atoms with Crippen molar-refractivity contribution in [3.8, 4) is 0 Å². The molecule has 0 saturated heterocycles. The van der Waals surface area contributed by atoms with Gasteiger partial charge in [0.15, 0.2) is 0 Å². The molecule has 3 rings (SSSR count). The Morgan fingerprint density at radius 3 is 2.29 bits per heavy atom. The van der Waals surface area contributed by atoms with Crippen LogP contribution < -0.4 is 0 Å². The molecule has 1 nitrogen and oxygen atoms in total. The summed E-state index contributed by atoms with van der Waals surface area (Å²) in [6.07, 6.45) is 6.42. The Morgan fingerprint density at radius 1 is 0.952 bits per heavy atom. The fourth-order valence-electron chi connectivity index (χ4n) is 3.15. The first kappa shape index (κ1) is 13.8. The molecule has 2 aromatic carbocycles. The molecule has 0 amide bonds. The van der Waals surface area contributed by atoms with Gasteiger partial charge in [0.2, 0.25) is 0 Å². The van der Waals surface area contributed by atoms with E-state index in [0.29, 0.717) is 5.92 Å². The zero-order chi connectivity index (χ0) is 14.5. The minimum Gasteiger partial charge on any atom is -0.303 e. The van der Waals surface area contributed by atoms with Gasteiger partial charge in [0.25, 0.3) is 0 Å². The average Bonchev–Trinajstić information content (AvgIpc) is 2.98. The number of allylic oxidation sites excluding steroid dienone is 2. The number of aryl methyl sites for hydroxylation is 1. The molecule has 2 atom stereocenters. The van der Waals surface area contributed by atoms with Gasteiger partial charge < -0.3 is 4.79 Å². The molecular formula is C20H20O. The van der Waals surface area contributed by atoms with Crippen molar-refractivity contribution in [2.45, 2.75) is 19.3 Å². The molecule has 0 N–H and O–H groups in total. The van der Waals surface area contributed by atoms with Crippen LogP contribution in [-0.2, 0) is 11.2 Å². The number of hydrogen-bond acceptors (Lipinski definition) is 1. The second-order valence-electron chi connectivity index (χ2n) is 5.75. The molecule has 0 aliphatic heterocycles. The van der Waals surface area contributed by atoms with E-state index in [2.05, 4.69) is 54.6 Å². The Bertz CT molecular complexity index is 613. The number of aldehydes is 1. The molecule has 1 aliphatic carbocycles. The largest absolute Gasteiger partial charge is 0.303 e. The van der Waals surface area contributed by atoms with Gasteiger partial charge >= 0.3 is 0 Å². The summed E-state index contributed by atoms with van der Waals surface area (Å²) < 4.78 is 0. The third-order valence-electron chi connectivity index (χ3n) is 4.35. The molecule has 2 aromatic rings. The van der Waals surface area contributed by atoms with Crippen molar-refractivity contribution in [3.63, 3.8) is 0 Å². The summed E-state index contributed by atoms with van der Waals surface area (Å²) in [5.41, 5.74) is 3.93. The molecule has 0 aromatic heterocycles. The average molecular weight is 276 g/mol. The van der Waals surface area contributed by atoms with Crippen molar-refractivity contribution >= 4 is 11.9 Å². The standard InChI is InChI=1S/C20H20O/c21-15-20-14-19(17-9-5-2-6-10-17)13-18(20)12-11-16-7-3-1-4-8-16/h1-10,13,15,18,20H,11-12,14H2/t18-,20+/m1/s1. The topological polar surface area (TPSA) is 17.1 Å². The number of benzene rings is 2. The summed E-state index contributed by atoms with van der Waals surface area (Å²) in [5.74, 6) is 0.516. The Labute approximate surface area is 126 Å². The maximum absolute atomic E-state index is 11.4. The molecule has 0 fully saturated rings. The Morgan fingerprint density at radius 2 is 1.62 bits per heavy atom. The van der Waals surface area contributed by atoms with Gasteiger partial charge in [-0.05, 0) is 41.9 Å². The fraction of sp³-hybridized carbons (Fsp3) is 0.250. The van der Waals surface area contributed by atoms with Crippen LogP contribution in [0, 0.1) is 11.8 Å². The van der Waals surface area contributed by atoms with E-state index in [0.717, 1.165) is 25.5 Å². The third-order valence-corrected chi connectivity index (χ3v) is 4.35. The highest BCUT2D eigenvalue weighted by Crippen LogP contribution is 2.37. The number of hydrogen-bond donors (Lipinski definition) is 0. The number of carbonyl (C=O) groups excluding carboxylic acids is 1. The predicted molar refractivity (Wildman–Crippen MR) is 86.8 cm³/mol. The highest BCUT2D eigenvalue weighted by molar-refractivity contribution is 5.73. The molecule has 21 heavy (non-hydrogen) atoms. The molecule has 0 heterocycles. The van der Waals surface area contributed by atoms with Crippen molar-refractivity contribution in [2.24, 2.45) is 11.8 Å². The van der Waals surface area contributed by atoms with Crippen LogP contribution in [0.2, 0.25) is 0 Å². The van der Waals surface area contributed by atoms with Gasteiger partial charge in [-0.25, -0.2) is 0 Å². The zero-order valence-corrected chi connectivity index (χ0v) is 12.1. The number of rotatable bonds is 5. The minimum absolute atomic E-state index is 0.143. The lowest BCUT2D eigenvalue weighted by Gasteiger charge is -2.13. The third kappa shape index (κ3) is 3.30. The van der Waals surface area contributed by atoms with Crippen molar-refractivity contribution in [2.75, 3.05) is 0 Å². The maximum atomic E-state index is 11.4. The van der Waals surface area contributed by atoms with Crippen LogP contribution in [0.3, 0.4) is 0 Å². The fourth-order valence-corrected chi connectivity index (χ4v) is 3.15. The lowest BCUT2D eigenvalue weighted by molar-refractivity contribution is -0.111. The minimum atomic E-state index is 0.143. The Hall–Kier alpha value is -2.15. The smallest absolute Gasteiger partial charge is 0.123 e.